The number of hydrogen-bond donors (Lipinski definition) is 1. The first-order valence-corrected chi connectivity index (χ1v) is 8.69. The van der Waals surface area contributed by atoms with Crippen LogP contribution in [0.4, 0.5) is 0 Å². The van der Waals surface area contributed by atoms with Crippen molar-refractivity contribution in [1.82, 2.24) is 0 Å². The Hall–Kier alpha value is -2.62. The third kappa shape index (κ3) is 4.08. The van der Waals surface area contributed by atoms with Crippen molar-refractivity contribution in [2.75, 3.05) is 0 Å². The summed E-state index contributed by atoms with van der Waals surface area (Å²) in [6, 6.07) is 16.2. The predicted molar refractivity (Wildman–Crippen MR) is 94.8 cm³/mol. The number of hydrogen-bond acceptors (Lipinski definition) is 3. The van der Waals surface area contributed by atoms with Gasteiger partial charge < -0.3 is 9.84 Å². The average molecular weight is 338 g/mol. The lowest BCUT2D eigenvalue weighted by Crippen LogP contribution is -2.39. The molecule has 25 heavy (non-hydrogen) atoms. The van der Waals surface area contributed by atoms with Crippen LogP contribution in [-0.2, 0) is 11.2 Å². The van der Waals surface area contributed by atoms with Crippen molar-refractivity contribution in [2.24, 2.45) is 0 Å². The molecule has 1 fully saturated rings. The Morgan fingerprint density at radius 3 is 2.12 bits per heavy atom. The topological polar surface area (TPSA) is 63.6 Å². The van der Waals surface area contributed by atoms with E-state index in [1.54, 1.807) is 12.1 Å². The summed E-state index contributed by atoms with van der Waals surface area (Å²) < 4.78 is 5.96. The Balaban J connectivity index is 1.86. The quantitative estimate of drug-likeness (QED) is 0.816. The monoisotopic (exact) mass is 338 g/mol. The lowest BCUT2D eigenvalue weighted by Gasteiger charge is -2.37. The Labute approximate surface area is 147 Å². The standard InChI is InChI=1S/C21H22O4/c22-19(23)17-11-5-6-12-18(17)20(24)25-21(13-7-2-8-14-21)15-16-9-3-1-4-10-16/h1,3-6,9-12H,2,7-8,13-15H2,(H,22,23). The van der Waals surface area contributed by atoms with Gasteiger partial charge in [0, 0.05) is 6.42 Å². The average Bonchev–Trinajstić information content (AvgIpc) is 2.63. The van der Waals surface area contributed by atoms with Crippen molar-refractivity contribution < 1.29 is 19.4 Å². The molecule has 0 amide bonds. The Kier molecular flexibility index (Phi) is 5.17. The second kappa shape index (κ2) is 7.51. The minimum absolute atomic E-state index is 0.0156. The minimum Gasteiger partial charge on any atom is -0.478 e. The van der Waals surface area contributed by atoms with Crippen LogP contribution in [0.5, 0.6) is 0 Å². The van der Waals surface area contributed by atoms with Crippen molar-refractivity contribution in [2.45, 2.75) is 44.1 Å². The first-order chi connectivity index (χ1) is 12.1. The van der Waals surface area contributed by atoms with Crippen LogP contribution < -0.4 is 0 Å². The first-order valence-electron chi connectivity index (χ1n) is 8.69. The summed E-state index contributed by atoms with van der Waals surface area (Å²) in [4.78, 5) is 24.1. The van der Waals surface area contributed by atoms with Crippen LogP contribution >= 0.6 is 0 Å². The van der Waals surface area contributed by atoms with Gasteiger partial charge in [-0.1, -0.05) is 48.9 Å². The molecule has 0 saturated heterocycles. The number of carbonyl (C=O) groups excluding carboxylic acids is 1. The van der Waals surface area contributed by atoms with Gasteiger partial charge in [-0.3, -0.25) is 0 Å². The zero-order valence-electron chi connectivity index (χ0n) is 14.1. The highest BCUT2D eigenvalue weighted by Gasteiger charge is 2.37. The van der Waals surface area contributed by atoms with Crippen molar-refractivity contribution in [3.63, 3.8) is 0 Å². The molecule has 2 aromatic carbocycles. The number of aromatic carboxylic acids is 1. The van der Waals surface area contributed by atoms with Crippen molar-refractivity contribution in [1.29, 1.82) is 0 Å². The van der Waals surface area contributed by atoms with E-state index in [1.807, 2.05) is 30.3 Å². The van der Waals surface area contributed by atoms with Crippen LogP contribution in [0.2, 0.25) is 0 Å². The number of rotatable bonds is 5. The molecule has 130 valence electrons. The number of benzene rings is 2. The van der Waals surface area contributed by atoms with E-state index in [0.29, 0.717) is 6.42 Å². The van der Waals surface area contributed by atoms with Gasteiger partial charge in [0.2, 0.25) is 0 Å². The highest BCUT2D eigenvalue weighted by atomic mass is 16.6. The van der Waals surface area contributed by atoms with Gasteiger partial charge in [0.25, 0.3) is 0 Å². The number of carbonyl (C=O) groups is 2. The normalized spacial score (nSPS) is 16.2. The largest absolute Gasteiger partial charge is 0.478 e. The second-order valence-electron chi connectivity index (χ2n) is 6.65. The molecule has 0 radical (unpaired) electrons. The Morgan fingerprint density at radius 2 is 1.48 bits per heavy atom. The molecular formula is C21H22O4. The fraction of sp³-hybridized carbons (Fsp3) is 0.333. The molecule has 0 atom stereocenters. The first kappa shape index (κ1) is 17.2. The van der Waals surface area contributed by atoms with E-state index in [-0.39, 0.29) is 11.1 Å². The lowest BCUT2D eigenvalue weighted by atomic mass is 9.80. The molecule has 1 N–H and O–H groups in total. The van der Waals surface area contributed by atoms with Crippen molar-refractivity contribution >= 4 is 11.9 Å². The summed E-state index contributed by atoms with van der Waals surface area (Å²) in [5, 5.41) is 9.31. The minimum atomic E-state index is -1.12. The Bertz CT molecular complexity index is 746. The molecule has 4 nitrogen and oxygen atoms in total. The maximum Gasteiger partial charge on any atom is 0.339 e. The third-order valence-electron chi connectivity index (χ3n) is 4.82. The maximum atomic E-state index is 12.7. The summed E-state index contributed by atoms with van der Waals surface area (Å²) in [5.74, 6) is -1.66. The molecule has 0 bridgehead atoms. The zero-order valence-corrected chi connectivity index (χ0v) is 14.1. The van der Waals surface area contributed by atoms with Gasteiger partial charge in [0.1, 0.15) is 5.60 Å². The SMILES string of the molecule is O=C(O)c1ccccc1C(=O)OC1(Cc2ccccc2)CCCCC1. The lowest BCUT2D eigenvalue weighted by molar-refractivity contribution is -0.0376. The summed E-state index contributed by atoms with van der Waals surface area (Å²) in [7, 11) is 0. The summed E-state index contributed by atoms with van der Waals surface area (Å²) in [6.07, 6.45) is 5.45. The summed E-state index contributed by atoms with van der Waals surface area (Å²) >= 11 is 0. The van der Waals surface area contributed by atoms with Crippen molar-refractivity contribution in [3.05, 3.63) is 71.3 Å². The van der Waals surface area contributed by atoms with E-state index >= 15 is 0 Å². The van der Waals surface area contributed by atoms with Gasteiger partial charge in [0.15, 0.2) is 0 Å². The molecule has 1 aliphatic carbocycles. The van der Waals surface area contributed by atoms with E-state index in [2.05, 4.69) is 0 Å². The molecule has 2 aromatic rings. The maximum absolute atomic E-state index is 12.7. The van der Waals surface area contributed by atoms with Gasteiger partial charge in [0.05, 0.1) is 11.1 Å². The number of ether oxygens (including phenoxy) is 1. The molecule has 3 rings (SSSR count). The van der Waals surface area contributed by atoms with E-state index in [9.17, 15) is 14.7 Å². The molecule has 1 saturated carbocycles. The fourth-order valence-electron chi connectivity index (χ4n) is 3.58. The van der Waals surface area contributed by atoms with E-state index in [4.69, 9.17) is 4.74 Å². The van der Waals surface area contributed by atoms with Crippen LogP contribution in [0.15, 0.2) is 54.6 Å². The van der Waals surface area contributed by atoms with Gasteiger partial charge >= 0.3 is 11.9 Å². The zero-order chi connectivity index (χ0) is 17.7. The number of carboxylic acids is 1. The van der Waals surface area contributed by atoms with Crippen LogP contribution in [-0.4, -0.2) is 22.6 Å². The van der Waals surface area contributed by atoms with Crippen LogP contribution in [0.3, 0.4) is 0 Å². The van der Waals surface area contributed by atoms with Crippen LogP contribution in [0.1, 0.15) is 58.4 Å². The molecule has 0 spiro atoms. The molecule has 0 aromatic heterocycles. The van der Waals surface area contributed by atoms with E-state index < -0.39 is 17.5 Å². The van der Waals surface area contributed by atoms with Gasteiger partial charge in [-0.15, -0.1) is 0 Å². The van der Waals surface area contributed by atoms with E-state index in [0.717, 1.165) is 37.7 Å². The van der Waals surface area contributed by atoms with Crippen molar-refractivity contribution in [3.8, 4) is 0 Å². The van der Waals surface area contributed by atoms with Gasteiger partial charge in [-0.25, -0.2) is 9.59 Å². The highest BCUT2D eigenvalue weighted by Crippen LogP contribution is 2.35. The molecule has 1 aliphatic rings. The summed E-state index contributed by atoms with van der Waals surface area (Å²) in [5.41, 5.74) is 0.678. The third-order valence-corrected chi connectivity index (χ3v) is 4.82. The van der Waals surface area contributed by atoms with E-state index in [1.165, 1.54) is 12.1 Å². The molecule has 0 unspecified atom stereocenters. The smallest absolute Gasteiger partial charge is 0.339 e. The molecular weight excluding hydrogens is 316 g/mol. The molecule has 0 heterocycles. The van der Waals surface area contributed by atoms with Crippen LogP contribution in [0, 0.1) is 0 Å². The predicted octanol–water partition coefficient (Wildman–Crippen LogP) is 4.49. The van der Waals surface area contributed by atoms with Crippen LogP contribution in [0.25, 0.3) is 0 Å². The number of esters is 1. The summed E-state index contributed by atoms with van der Waals surface area (Å²) in [6.45, 7) is 0. The molecule has 0 aliphatic heterocycles. The second-order valence-corrected chi connectivity index (χ2v) is 6.65. The number of carboxylic acid groups (broad SMARTS) is 1. The van der Waals surface area contributed by atoms with Gasteiger partial charge in [-0.05, 0) is 43.4 Å². The molecule has 4 heteroatoms. The van der Waals surface area contributed by atoms with Gasteiger partial charge in [-0.2, -0.15) is 0 Å². The highest BCUT2D eigenvalue weighted by molar-refractivity contribution is 6.02. The fourth-order valence-corrected chi connectivity index (χ4v) is 3.58. The Morgan fingerprint density at radius 1 is 0.880 bits per heavy atom.